The molecule has 26 heavy (non-hydrogen) atoms. The lowest BCUT2D eigenvalue weighted by atomic mass is 10.2. The second kappa shape index (κ2) is 15.9. The molecule has 0 saturated heterocycles. The van der Waals surface area contributed by atoms with Crippen molar-refractivity contribution in [1.82, 2.24) is 16.0 Å². The number of benzene rings is 1. The van der Waals surface area contributed by atoms with Crippen LogP contribution in [-0.4, -0.2) is 44.7 Å². The normalized spacial score (nSPS) is 11.0. The van der Waals surface area contributed by atoms with E-state index in [9.17, 15) is 4.79 Å². The molecule has 0 atom stereocenters. The number of nitrogens with one attached hydrogen (secondary N) is 3. The van der Waals surface area contributed by atoms with Gasteiger partial charge in [-0.1, -0.05) is 44.2 Å². The summed E-state index contributed by atoms with van der Waals surface area (Å²) in [5.41, 5.74) is 1.08. The standard InChI is InChI=1S/C19H32N4O2.HI/c1-4-20-19(21-11-8-12-25-15-16(2)3)23-14-18(24)22-13-17-9-6-5-7-10-17;/h5-7,9-10,16H,4,8,11-15H2,1-3H3,(H,22,24)(H2,20,21,23);1H. The second-order valence-corrected chi connectivity index (χ2v) is 6.21. The van der Waals surface area contributed by atoms with Gasteiger partial charge in [-0.15, -0.1) is 24.0 Å². The molecule has 0 bridgehead atoms. The Bertz CT molecular complexity index is 510. The predicted octanol–water partition coefficient (Wildman–Crippen LogP) is 2.54. The smallest absolute Gasteiger partial charge is 0.242 e. The highest BCUT2D eigenvalue weighted by molar-refractivity contribution is 14.0. The van der Waals surface area contributed by atoms with E-state index in [2.05, 4.69) is 34.8 Å². The lowest BCUT2D eigenvalue weighted by Gasteiger charge is -2.12. The van der Waals surface area contributed by atoms with E-state index in [4.69, 9.17) is 4.74 Å². The van der Waals surface area contributed by atoms with Crippen LogP contribution in [0, 0.1) is 5.92 Å². The molecule has 0 aliphatic heterocycles. The summed E-state index contributed by atoms with van der Waals surface area (Å²) < 4.78 is 5.54. The summed E-state index contributed by atoms with van der Waals surface area (Å²) in [6, 6.07) is 9.83. The Morgan fingerprint density at radius 3 is 2.54 bits per heavy atom. The molecule has 0 aliphatic rings. The minimum atomic E-state index is -0.0960. The number of nitrogens with zero attached hydrogens (tertiary/aromatic N) is 1. The van der Waals surface area contributed by atoms with Crippen LogP contribution < -0.4 is 16.0 Å². The topological polar surface area (TPSA) is 74.8 Å². The second-order valence-electron chi connectivity index (χ2n) is 6.21. The van der Waals surface area contributed by atoms with Crippen LogP contribution in [0.2, 0.25) is 0 Å². The summed E-state index contributed by atoms with van der Waals surface area (Å²) in [7, 11) is 0. The average Bonchev–Trinajstić information content (AvgIpc) is 2.61. The van der Waals surface area contributed by atoms with Crippen LogP contribution in [-0.2, 0) is 16.1 Å². The molecule has 1 aromatic rings. The monoisotopic (exact) mass is 476 g/mol. The third-order valence-electron chi connectivity index (χ3n) is 3.27. The number of halogens is 1. The zero-order chi connectivity index (χ0) is 18.3. The fourth-order valence-electron chi connectivity index (χ4n) is 2.05. The van der Waals surface area contributed by atoms with Gasteiger partial charge in [-0.2, -0.15) is 0 Å². The van der Waals surface area contributed by atoms with E-state index in [-0.39, 0.29) is 36.4 Å². The van der Waals surface area contributed by atoms with Gasteiger partial charge in [0.1, 0.15) is 6.54 Å². The molecule has 1 rings (SSSR count). The molecule has 0 aromatic heterocycles. The Labute approximate surface area is 174 Å². The number of hydrogen-bond donors (Lipinski definition) is 3. The number of guanidine groups is 1. The number of ether oxygens (including phenoxy) is 1. The number of carbonyl (C=O) groups excluding carboxylic acids is 1. The molecule has 0 saturated carbocycles. The summed E-state index contributed by atoms with van der Waals surface area (Å²) in [4.78, 5) is 16.2. The van der Waals surface area contributed by atoms with Crippen molar-refractivity contribution in [1.29, 1.82) is 0 Å². The molecule has 0 fully saturated rings. The van der Waals surface area contributed by atoms with Gasteiger partial charge in [0.05, 0.1) is 0 Å². The first-order valence-corrected chi connectivity index (χ1v) is 9.02. The molecular formula is C19H33IN4O2. The van der Waals surface area contributed by atoms with Crippen LogP contribution in [0.25, 0.3) is 0 Å². The molecule has 0 spiro atoms. The molecule has 3 N–H and O–H groups in total. The average molecular weight is 476 g/mol. The Kier molecular flexibility index (Phi) is 15.0. The molecule has 0 radical (unpaired) electrons. The van der Waals surface area contributed by atoms with Crippen molar-refractivity contribution in [3.8, 4) is 0 Å². The first kappa shape index (κ1) is 24.7. The molecule has 7 heteroatoms. The van der Waals surface area contributed by atoms with E-state index in [0.717, 1.165) is 38.3 Å². The van der Waals surface area contributed by atoms with Crippen LogP contribution in [0.15, 0.2) is 35.3 Å². The molecule has 0 aliphatic carbocycles. The van der Waals surface area contributed by atoms with Crippen LogP contribution >= 0.6 is 24.0 Å². The fourth-order valence-corrected chi connectivity index (χ4v) is 2.05. The van der Waals surface area contributed by atoms with Crippen molar-refractivity contribution in [2.45, 2.75) is 33.7 Å². The first-order chi connectivity index (χ1) is 12.1. The van der Waals surface area contributed by atoms with Crippen molar-refractivity contribution in [2.24, 2.45) is 10.9 Å². The van der Waals surface area contributed by atoms with Crippen LogP contribution in [0.5, 0.6) is 0 Å². The zero-order valence-electron chi connectivity index (χ0n) is 16.1. The van der Waals surface area contributed by atoms with Crippen molar-refractivity contribution in [3.05, 3.63) is 35.9 Å². The minimum absolute atomic E-state index is 0. The fraction of sp³-hybridized carbons (Fsp3) is 0.579. The number of hydrogen-bond acceptors (Lipinski definition) is 3. The first-order valence-electron chi connectivity index (χ1n) is 9.02. The molecule has 0 unspecified atom stereocenters. The quantitative estimate of drug-likeness (QED) is 0.199. The summed E-state index contributed by atoms with van der Waals surface area (Å²) in [5, 5.41) is 9.23. The van der Waals surface area contributed by atoms with E-state index in [1.807, 2.05) is 37.3 Å². The third-order valence-corrected chi connectivity index (χ3v) is 3.27. The molecule has 1 amide bonds. The molecular weight excluding hydrogens is 443 g/mol. The Morgan fingerprint density at radius 1 is 1.15 bits per heavy atom. The van der Waals surface area contributed by atoms with E-state index >= 15 is 0 Å². The van der Waals surface area contributed by atoms with Gasteiger partial charge >= 0.3 is 0 Å². The van der Waals surface area contributed by atoms with Gasteiger partial charge in [0.2, 0.25) is 5.91 Å². The van der Waals surface area contributed by atoms with E-state index in [1.54, 1.807) is 0 Å². The van der Waals surface area contributed by atoms with E-state index in [0.29, 0.717) is 18.4 Å². The third kappa shape index (κ3) is 12.9. The van der Waals surface area contributed by atoms with Gasteiger partial charge in [0, 0.05) is 32.8 Å². The van der Waals surface area contributed by atoms with Gasteiger partial charge in [-0.05, 0) is 24.8 Å². The Hall–Kier alpha value is -1.35. The maximum atomic E-state index is 11.9. The van der Waals surface area contributed by atoms with Gasteiger partial charge in [-0.3, -0.25) is 4.79 Å². The van der Waals surface area contributed by atoms with Gasteiger partial charge in [0.15, 0.2) is 5.96 Å². The Balaban J connectivity index is 0.00000625. The predicted molar refractivity (Wildman–Crippen MR) is 118 cm³/mol. The lowest BCUT2D eigenvalue weighted by Crippen LogP contribution is -2.39. The minimum Gasteiger partial charge on any atom is -0.381 e. The van der Waals surface area contributed by atoms with Gasteiger partial charge < -0.3 is 20.7 Å². The highest BCUT2D eigenvalue weighted by Crippen LogP contribution is 1.97. The Morgan fingerprint density at radius 2 is 1.88 bits per heavy atom. The lowest BCUT2D eigenvalue weighted by molar-refractivity contribution is -0.119. The summed E-state index contributed by atoms with van der Waals surface area (Å²) >= 11 is 0. The largest absolute Gasteiger partial charge is 0.381 e. The van der Waals surface area contributed by atoms with E-state index < -0.39 is 0 Å². The molecule has 148 valence electrons. The van der Waals surface area contributed by atoms with Crippen molar-refractivity contribution < 1.29 is 9.53 Å². The summed E-state index contributed by atoms with van der Waals surface area (Å²) in [6.45, 7) is 9.92. The van der Waals surface area contributed by atoms with Crippen molar-refractivity contribution >= 4 is 35.8 Å². The van der Waals surface area contributed by atoms with Crippen LogP contribution in [0.1, 0.15) is 32.8 Å². The maximum Gasteiger partial charge on any atom is 0.242 e. The molecule has 0 heterocycles. The van der Waals surface area contributed by atoms with Crippen LogP contribution in [0.3, 0.4) is 0 Å². The highest BCUT2D eigenvalue weighted by atomic mass is 127. The van der Waals surface area contributed by atoms with Crippen LogP contribution in [0.4, 0.5) is 0 Å². The number of carbonyl (C=O) groups is 1. The number of aliphatic imine (C=N–C) groups is 1. The summed E-state index contributed by atoms with van der Waals surface area (Å²) in [6.07, 6.45) is 0.900. The maximum absolute atomic E-state index is 11.9. The van der Waals surface area contributed by atoms with Crippen molar-refractivity contribution in [3.63, 3.8) is 0 Å². The number of amides is 1. The zero-order valence-corrected chi connectivity index (χ0v) is 18.4. The SMILES string of the molecule is CCNC(=NCC(=O)NCc1ccccc1)NCCCOCC(C)C.I. The molecule has 6 nitrogen and oxygen atoms in total. The molecule has 1 aromatic carbocycles. The van der Waals surface area contributed by atoms with Crippen molar-refractivity contribution in [2.75, 3.05) is 32.8 Å². The highest BCUT2D eigenvalue weighted by Gasteiger charge is 2.02. The number of rotatable bonds is 11. The van der Waals surface area contributed by atoms with E-state index in [1.165, 1.54) is 0 Å². The van der Waals surface area contributed by atoms with Gasteiger partial charge in [-0.25, -0.2) is 4.99 Å². The summed E-state index contributed by atoms with van der Waals surface area (Å²) in [5.74, 6) is 1.11. The van der Waals surface area contributed by atoms with Gasteiger partial charge in [0.25, 0.3) is 0 Å².